The Morgan fingerprint density at radius 3 is 2.67 bits per heavy atom. The van der Waals surface area contributed by atoms with Crippen LogP contribution in [0.15, 0.2) is 49.2 Å². The summed E-state index contributed by atoms with van der Waals surface area (Å²) in [6, 6.07) is 12.6. The van der Waals surface area contributed by atoms with Crippen molar-refractivity contribution in [3.8, 4) is 5.88 Å². The number of benzene rings is 1. The lowest BCUT2D eigenvalue weighted by Gasteiger charge is -2.50. The highest BCUT2D eigenvalue weighted by Gasteiger charge is 2.52. The molecule has 4 aliphatic heterocycles. The number of nitrogens with zero attached hydrogens (tertiary/aromatic N) is 2. The Kier molecular flexibility index (Phi) is 3.07. The molecule has 122 valence electrons. The first-order chi connectivity index (χ1) is 11.7. The summed E-state index contributed by atoms with van der Waals surface area (Å²) in [5.74, 6) is 1.52. The molecule has 6 rings (SSSR count). The average molecular weight is 318 g/mol. The summed E-state index contributed by atoms with van der Waals surface area (Å²) in [6.07, 6.45) is 5.43. The van der Waals surface area contributed by atoms with E-state index in [9.17, 15) is 0 Å². The molecular formula is C21H22N2O. The lowest BCUT2D eigenvalue weighted by Crippen LogP contribution is -2.61. The van der Waals surface area contributed by atoms with Crippen molar-refractivity contribution >= 4 is 5.57 Å². The minimum Gasteiger partial charge on any atom is -0.469 e. The summed E-state index contributed by atoms with van der Waals surface area (Å²) in [5.41, 5.74) is 4.50. The highest BCUT2D eigenvalue weighted by atomic mass is 16.5. The predicted molar refractivity (Wildman–Crippen MR) is 95.0 cm³/mol. The van der Waals surface area contributed by atoms with Gasteiger partial charge in [-0.25, -0.2) is 4.98 Å². The van der Waals surface area contributed by atoms with Crippen LogP contribution in [0.1, 0.15) is 29.5 Å². The smallest absolute Gasteiger partial charge is 0.217 e. The average Bonchev–Trinajstić information content (AvgIpc) is 2.99. The number of aromatic nitrogens is 1. The molecule has 4 aliphatic rings. The third-order valence-electron chi connectivity index (χ3n) is 6.01. The number of hydrogen-bond donors (Lipinski definition) is 0. The van der Waals surface area contributed by atoms with Crippen molar-refractivity contribution < 1.29 is 4.74 Å². The fourth-order valence-electron chi connectivity index (χ4n) is 4.68. The van der Waals surface area contributed by atoms with Crippen molar-refractivity contribution in [1.82, 2.24) is 9.88 Å². The van der Waals surface area contributed by atoms with E-state index in [1.165, 1.54) is 31.5 Å². The van der Waals surface area contributed by atoms with Gasteiger partial charge in [-0.1, -0.05) is 36.9 Å². The minimum atomic E-state index is -0.0292. The van der Waals surface area contributed by atoms with Crippen LogP contribution in [0.3, 0.4) is 0 Å². The Labute approximate surface area is 143 Å². The molecule has 0 aliphatic carbocycles. The van der Waals surface area contributed by atoms with Crippen molar-refractivity contribution in [2.75, 3.05) is 19.6 Å². The van der Waals surface area contributed by atoms with Crippen LogP contribution in [0.25, 0.3) is 5.57 Å². The topological polar surface area (TPSA) is 25.4 Å². The van der Waals surface area contributed by atoms with E-state index in [0.717, 1.165) is 35.5 Å². The van der Waals surface area contributed by atoms with E-state index < -0.39 is 0 Å². The fourth-order valence-corrected chi connectivity index (χ4v) is 4.68. The van der Waals surface area contributed by atoms with Crippen LogP contribution in [0, 0.1) is 5.92 Å². The Balaban J connectivity index is 1.45. The first kappa shape index (κ1) is 14.2. The second kappa shape index (κ2) is 5.18. The van der Waals surface area contributed by atoms with Crippen molar-refractivity contribution in [2.45, 2.75) is 24.9 Å². The normalized spacial score (nSPS) is 30.2. The summed E-state index contributed by atoms with van der Waals surface area (Å²) in [5, 5.41) is 0. The molecule has 5 heterocycles. The molecule has 1 aromatic carbocycles. The Bertz CT molecular complexity index is 793. The van der Waals surface area contributed by atoms with Gasteiger partial charge in [0.25, 0.3) is 0 Å². The number of hydrogen-bond acceptors (Lipinski definition) is 3. The first-order valence-electron chi connectivity index (χ1n) is 8.88. The van der Waals surface area contributed by atoms with Crippen LogP contribution in [0.4, 0.5) is 0 Å². The van der Waals surface area contributed by atoms with E-state index in [-0.39, 0.29) is 5.60 Å². The quantitative estimate of drug-likeness (QED) is 0.847. The molecule has 0 radical (unpaired) electrons. The van der Waals surface area contributed by atoms with Gasteiger partial charge in [-0.15, -0.1) is 0 Å². The molecule has 0 amide bonds. The van der Waals surface area contributed by atoms with Crippen LogP contribution in [0.5, 0.6) is 5.88 Å². The van der Waals surface area contributed by atoms with Gasteiger partial charge in [0.1, 0.15) is 5.60 Å². The van der Waals surface area contributed by atoms with Gasteiger partial charge in [-0.05, 0) is 43.1 Å². The second-order valence-electron chi connectivity index (χ2n) is 7.43. The van der Waals surface area contributed by atoms with Gasteiger partial charge in [-0.2, -0.15) is 0 Å². The molecule has 1 atom stereocenters. The molecule has 1 spiro atoms. The van der Waals surface area contributed by atoms with Crippen LogP contribution in [0.2, 0.25) is 0 Å². The highest BCUT2D eigenvalue weighted by molar-refractivity contribution is 5.78. The van der Waals surface area contributed by atoms with Crippen molar-refractivity contribution in [3.05, 3.63) is 65.9 Å². The predicted octanol–water partition coefficient (Wildman–Crippen LogP) is 3.54. The molecular weight excluding hydrogens is 296 g/mol. The maximum Gasteiger partial charge on any atom is 0.217 e. The zero-order chi connectivity index (χ0) is 16.1. The third kappa shape index (κ3) is 2.11. The summed E-state index contributed by atoms with van der Waals surface area (Å²) in [7, 11) is 0. The van der Waals surface area contributed by atoms with Gasteiger partial charge in [0, 0.05) is 36.2 Å². The van der Waals surface area contributed by atoms with E-state index in [1.54, 1.807) is 0 Å². The Hall–Kier alpha value is -2.13. The van der Waals surface area contributed by atoms with Gasteiger partial charge in [0.2, 0.25) is 5.88 Å². The van der Waals surface area contributed by atoms with Gasteiger partial charge >= 0.3 is 0 Å². The molecule has 0 saturated carbocycles. The fraction of sp³-hybridized carbons (Fsp3) is 0.381. The van der Waals surface area contributed by atoms with Crippen molar-refractivity contribution in [1.29, 1.82) is 0 Å². The lowest BCUT2D eigenvalue weighted by atomic mass is 9.73. The molecule has 1 aromatic heterocycles. The monoisotopic (exact) mass is 318 g/mol. The molecule has 3 fully saturated rings. The lowest BCUT2D eigenvalue weighted by molar-refractivity contribution is -0.0814. The summed E-state index contributed by atoms with van der Waals surface area (Å²) >= 11 is 0. The van der Waals surface area contributed by atoms with Crippen LogP contribution >= 0.6 is 0 Å². The number of ether oxygens (including phenoxy) is 1. The van der Waals surface area contributed by atoms with Gasteiger partial charge in [0.05, 0.1) is 0 Å². The van der Waals surface area contributed by atoms with Gasteiger partial charge < -0.3 is 4.74 Å². The van der Waals surface area contributed by atoms with Crippen LogP contribution in [-0.2, 0) is 6.42 Å². The van der Waals surface area contributed by atoms with Crippen LogP contribution < -0.4 is 4.74 Å². The SMILES string of the molecule is C=C(c1ccccc1)c1cnc2c(c1)C[C@]1(CN3CCC1CC3)O2. The Morgan fingerprint density at radius 1 is 1.17 bits per heavy atom. The van der Waals surface area contributed by atoms with E-state index in [1.807, 2.05) is 24.4 Å². The zero-order valence-corrected chi connectivity index (χ0v) is 13.9. The minimum absolute atomic E-state index is 0.0292. The number of rotatable bonds is 2. The second-order valence-corrected chi connectivity index (χ2v) is 7.43. The molecule has 24 heavy (non-hydrogen) atoms. The maximum absolute atomic E-state index is 6.43. The summed E-state index contributed by atoms with van der Waals surface area (Å²) < 4.78 is 6.43. The molecule has 3 heteroatoms. The summed E-state index contributed by atoms with van der Waals surface area (Å²) in [6.45, 7) is 7.80. The molecule has 2 bridgehead atoms. The molecule has 0 N–H and O–H groups in total. The molecule has 2 aromatic rings. The van der Waals surface area contributed by atoms with Crippen molar-refractivity contribution in [3.63, 3.8) is 0 Å². The first-order valence-corrected chi connectivity index (χ1v) is 8.88. The summed E-state index contributed by atoms with van der Waals surface area (Å²) in [4.78, 5) is 7.19. The van der Waals surface area contributed by atoms with E-state index >= 15 is 0 Å². The van der Waals surface area contributed by atoms with Crippen LogP contribution in [-0.4, -0.2) is 35.1 Å². The highest BCUT2D eigenvalue weighted by Crippen LogP contribution is 2.46. The standard InChI is InChI=1S/C21H22N2O/c1-15(16-5-3-2-4-6-16)18-11-17-12-21(24-20(17)22-13-18)14-23-9-7-19(21)8-10-23/h2-6,11,13,19H,1,7-10,12,14H2/t21-/m1/s1. The third-order valence-corrected chi connectivity index (χ3v) is 6.01. The maximum atomic E-state index is 6.43. The Morgan fingerprint density at radius 2 is 1.96 bits per heavy atom. The molecule has 0 unspecified atom stereocenters. The van der Waals surface area contributed by atoms with Crippen molar-refractivity contribution in [2.24, 2.45) is 5.92 Å². The van der Waals surface area contributed by atoms with Gasteiger partial charge in [0.15, 0.2) is 0 Å². The van der Waals surface area contributed by atoms with E-state index in [0.29, 0.717) is 5.92 Å². The van der Waals surface area contributed by atoms with E-state index in [4.69, 9.17) is 4.74 Å². The number of pyridine rings is 1. The number of fused-ring (bicyclic) bond motifs is 3. The van der Waals surface area contributed by atoms with Gasteiger partial charge in [-0.3, -0.25) is 4.90 Å². The largest absolute Gasteiger partial charge is 0.469 e. The zero-order valence-electron chi connectivity index (χ0n) is 13.9. The number of piperidine rings is 3. The molecule has 3 saturated heterocycles. The van der Waals surface area contributed by atoms with E-state index in [2.05, 4.69) is 34.7 Å². The molecule has 3 nitrogen and oxygen atoms in total.